The molecule has 1 aliphatic heterocycles. The van der Waals surface area contributed by atoms with Crippen molar-refractivity contribution in [3.63, 3.8) is 0 Å². The molecule has 1 aromatic rings. The molecule has 1 saturated heterocycles. The highest BCUT2D eigenvalue weighted by atomic mass is 32.2. The van der Waals surface area contributed by atoms with Crippen molar-refractivity contribution in [2.45, 2.75) is 17.7 Å². The van der Waals surface area contributed by atoms with Crippen LogP contribution >= 0.6 is 0 Å². The van der Waals surface area contributed by atoms with Crippen LogP contribution in [0.2, 0.25) is 0 Å². The Balaban J connectivity index is 2.02. The number of hydrogen-bond donors (Lipinski definition) is 1. The van der Waals surface area contributed by atoms with Crippen LogP contribution in [0, 0.1) is 5.92 Å². The zero-order valence-electron chi connectivity index (χ0n) is 14.4. The number of sulfonamides is 2. The first-order valence-electron chi connectivity index (χ1n) is 7.96. The average Bonchev–Trinajstić information content (AvgIpc) is 3.10. The summed E-state index contributed by atoms with van der Waals surface area (Å²) in [5.41, 5.74) is 0.661. The summed E-state index contributed by atoms with van der Waals surface area (Å²) in [6.07, 6.45) is 0.644. The third kappa shape index (κ3) is 5.13. The van der Waals surface area contributed by atoms with Crippen LogP contribution in [0.15, 0.2) is 41.1 Å². The standard InChI is InChI=1S/C16H22N2O6S2/c1-3-25(20,21)17-11-14-8-9-18(12-14)26(22,23)15-6-4-13(5-7-15)10-16(19)24-2/h3-7,14,17H,1,8-12H2,2H3/t14-/m1/s1. The molecule has 1 aromatic carbocycles. The molecular weight excluding hydrogens is 380 g/mol. The highest BCUT2D eigenvalue weighted by Crippen LogP contribution is 2.24. The first kappa shape index (κ1) is 20.6. The van der Waals surface area contributed by atoms with Gasteiger partial charge in [-0.15, -0.1) is 0 Å². The lowest BCUT2D eigenvalue weighted by molar-refractivity contribution is -0.139. The number of rotatable bonds is 8. The van der Waals surface area contributed by atoms with E-state index in [2.05, 4.69) is 16.0 Å². The van der Waals surface area contributed by atoms with Crippen molar-refractivity contribution in [2.75, 3.05) is 26.7 Å². The molecule has 1 atom stereocenters. The molecule has 0 bridgehead atoms. The fourth-order valence-electron chi connectivity index (χ4n) is 2.64. The second-order valence-electron chi connectivity index (χ2n) is 5.97. The molecule has 0 aromatic heterocycles. The zero-order valence-corrected chi connectivity index (χ0v) is 16.1. The lowest BCUT2D eigenvalue weighted by atomic mass is 10.1. The molecule has 0 aliphatic carbocycles. The van der Waals surface area contributed by atoms with Crippen molar-refractivity contribution >= 4 is 26.0 Å². The number of ether oxygens (including phenoxy) is 1. The van der Waals surface area contributed by atoms with Gasteiger partial charge >= 0.3 is 5.97 Å². The van der Waals surface area contributed by atoms with Gasteiger partial charge in [0.25, 0.3) is 0 Å². The molecule has 8 nitrogen and oxygen atoms in total. The van der Waals surface area contributed by atoms with Gasteiger partial charge in [0.1, 0.15) is 0 Å². The predicted molar refractivity (Wildman–Crippen MR) is 96.1 cm³/mol. The summed E-state index contributed by atoms with van der Waals surface area (Å²) < 4.78 is 56.5. The largest absolute Gasteiger partial charge is 0.469 e. The molecule has 1 fully saturated rings. The van der Waals surface area contributed by atoms with Gasteiger partial charge in [-0.2, -0.15) is 4.31 Å². The van der Waals surface area contributed by atoms with E-state index in [4.69, 9.17) is 0 Å². The third-order valence-corrected chi connectivity index (χ3v) is 7.07. The Kier molecular flexibility index (Phi) is 6.56. The summed E-state index contributed by atoms with van der Waals surface area (Å²) in [5.74, 6) is -0.497. The van der Waals surface area contributed by atoms with Crippen LogP contribution in [0.4, 0.5) is 0 Å². The van der Waals surface area contributed by atoms with Gasteiger partial charge in [-0.05, 0) is 30.0 Å². The predicted octanol–water partition coefficient (Wildman–Crippen LogP) is 0.476. The Labute approximate surface area is 153 Å². The summed E-state index contributed by atoms with van der Waals surface area (Å²) in [7, 11) is -5.89. The molecule has 0 unspecified atom stereocenters. The summed E-state index contributed by atoms with van der Waals surface area (Å²) in [6, 6.07) is 6.08. The Morgan fingerprint density at radius 3 is 2.54 bits per heavy atom. The van der Waals surface area contributed by atoms with Crippen molar-refractivity contribution in [3.8, 4) is 0 Å². The summed E-state index contributed by atoms with van der Waals surface area (Å²) >= 11 is 0. The second kappa shape index (κ2) is 8.30. The molecule has 0 radical (unpaired) electrons. The van der Waals surface area contributed by atoms with Crippen LogP contribution in [-0.4, -0.2) is 53.9 Å². The Morgan fingerprint density at radius 1 is 1.31 bits per heavy atom. The smallest absolute Gasteiger partial charge is 0.309 e. The third-order valence-electron chi connectivity index (χ3n) is 4.18. The number of carbonyl (C=O) groups is 1. The van der Waals surface area contributed by atoms with Crippen molar-refractivity contribution in [3.05, 3.63) is 41.8 Å². The van der Waals surface area contributed by atoms with Gasteiger partial charge in [0.2, 0.25) is 20.0 Å². The Hall–Kier alpha value is -1.75. The van der Waals surface area contributed by atoms with Crippen LogP contribution in [0.3, 0.4) is 0 Å². The Bertz CT molecular complexity index is 863. The SMILES string of the molecule is C=CS(=O)(=O)NC[C@H]1CCN(S(=O)(=O)c2ccc(CC(=O)OC)cc2)C1. The normalized spacial score (nSPS) is 18.6. The van der Waals surface area contributed by atoms with Crippen LogP contribution in [0.5, 0.6) is 0 Å². The summed E-state index contributed by atoms with van der Waals surface area (Å²) in [4.78, 5) is 11.4. The van der Waals surface area contributed by atoms with E-state index in [0.29, 0.717) is 18.5 Å². The van der Waals surface area contributed by atoms with E-state index in [1.54, 1.807) is 12.1 Å². The van der Waals surface area contributed by atoms with Crippen molar-refractivity contribution in [1.82, 2.24) is 9.03 Å². The first-order valence-corrected chi connectivity index (χ1v) is 10.9. The van der Waals surface area contributed by atoms with E-state index < -0.39 is 26.0 Å². The van der Waals surface area contributed by atoms with E-state index in [9.17, 15) is 21.6 Å². The van der Waals surface area contributed by atoms with Crippen molar-refractivity contribution < 1.29 is 26.4 Å². The van der Waals surface area contributed by atoms with Gasteiger partial charge < -0.3 is 4.74 Å². The highest BCUT2D eigenvalue weighted by Gasteiger charge is 2.32. The molecule has 1 N–H and O–H groups in total. The van der Waals surface area contributed by atoms with Gasteiger partial charge in [-0.3, -0.25) is 4.79 Å². The molecule has 0 spiro atoms. The van der Waals surface area contributed by atoms with Gasteiger partial charge in [0, 0.05) is 25.0 Å². The minimum absolute atomic E-state index is 0.0755. The van der Waals surface area contributed by atoms with E-state index in [1.165, 1.54) is 23.5 Å². The minimum atomic E-state index is -3.66. The number of nitrogens with zero attached hydrogens (tertiary/aromatic N) is 1. The fourth-order valence-corrected chi connectivity index (χ4v) is 4.76. The highest BCUT2D eigenvalue weighted by molar-refractivity contribution is 7.92. The molecule has 0 saturated carbocycles. The molecular formula is C16H22N2O6S2. The van der Waals surface area contributed by atoms with Crippen LogP contribution in [-0.2, 0) is 36.0 Å². The van der Waals surface area contributed by atoms with Gasteiger partial charge in [-0.25, -0.2) is 21.6 Å². The molecule has 2 rings (SSSR count). The van der Waals surface area contributed by atoms with E-state index in [1.807, 2.05) is 0 Å². The fraction of sp³-hybridized carbons (Fsp3) is 0.438. The molecule has 26 heavy (non-hydrogen) atoms. The maximum Gasteiger partial charge on any atom is 0.309 e. The second-order valence-corrected chi connectivity index (χ2v) is 9.62. The van der Waals surface area contributed by atoms with Crippen LogP contribution in [0.25, 0.3) is 0 Å². The Morgan fingerprint density at radius 2 is 1.96 bits per heavy atom. The zero-order chi connectivity index (χ0) is 19.4. The van der Waals surface area contributed by atoms with Crippen LogP contribution in [0.1, 0.15) is 12.0 Å². The van der Waals surface area contributed by atoms with E-state index in [-0.39, 0.29) is 30.3 Å². The number of methoxy groups -OCH3 is 1. The van der Waals surface area contributed by atoms with Gasteiger partial charge in [-0.1, -0.05) is 18.7 Å². The first-order chi connectivity index (χ1) is 12.2. The van der Waals surface area contributed by atoms with Crippen molar-refractivity contribution in [2.24, 2.45) is 5.92 Å². The maximum atomic E-state index is 12.7. The molecule has 1 aliphatic rings. The summed E-state index contributed by atoms with van der Waals surface area (Å²) in [6.45, 7) is 3.95. The molecule has 10 heteroatoms. The van der Waals surface area contributed by atoms with Crippen molar-refractivity contribution in [1.29, 1.82) is 0 Å². The van der Waals surface area contributed by atoms with Gasteiger partial charge in [0.05, 0.1) is 18.4 Å². The topological polar surface area (TPSA) is 110 Å². The quantitative estimate of drug-likeness (QED) is 0.633. The number of esters is 1. The molecule has 1 heterocycles. The lowest BCUT2D eigenvalue weighted by Crippen LogP contribution is -2.32. The van der Waals surface area contributed by atoms with E-state index >= 15 is 0 Å². The number of hydrogen-bond acceptors (Lipinski definition) is 6. The van der Waals surface area contributed by atoms with E-state index in [0.717, 1.165) is 5.41 Å². The number of carbonyl (C=O) groups excluding carboxylic acids is 1. The summed E-state index contributed by atoms with van der Waals surface area (Å²) in [5, 5.41) is 0.826. The minimum Gasteiger partial charge on any atom is -0.469 e. The number of benzene rings is 1. The lowest BCUT2D eigenvalue weighted by Gasteiger charge is -2.17. The number of nitrogens with one attached hydrogen (secondary N) is 1. The average molecular weight is 402 g/mol. The van der Waals surface area contributed by atoms with Crippen LogP contribution < -0.4 is 4.72 Å². The maximum absolute atomic E-state index is 12.7. The van der Waals surface area contributed by atoms with Gasteiger partial charge in [0.15, 0.2) is 0 Å². The molecule has 144 valence electrons. The monoisotopic (exact) mass is 402 g/mol. The molecule has 0 amide bonds.